The Bertz CT molecular complexity index is 1000. The van der Waals surface area contributed by atoms with Gasteiger partial charge in [-0.3, -0.25) is 4.79 Å². The number of fused-ring (bicyclic) bond motifs is 1. The summed E-state index contributed by atoms with van der Waals surface area (Å²) in [6, 6.07) is 17.1. The van der Waals surface area contributed by atoms with Gasteiger partial charge in [0.15, 0.2) is 0 Å². The Morgan fingerprint density at radius 3 is 2.69 bits per heavy atom. The maximum atomic E-state index is 12.9. The normalized spacial score (nSPS) is 18.2. The molecule has 3 aromatic rings. The molecule has 152 valence electrons. The molecule has 1 aliphatic rings. The number of aromatic nitrogens is 1. The van der Waals surface area contributed by atoms with Gasteiger partial charge in [0.25, 0.3) is 0 Å². The number of nitrogens with one attached hydrogen (secondary N) is 3. The Labute approximate surface area is 175 Å². The lowest BCUT2D eigenvalue weighted by atomic mass is 9.91. The number of esters is 1. The molecule has 1 saturated heterocycles. The molecular formula is C22H24ClN3O3. The zero-order valence-corrected chi connectivity index (χ0v) is 16.9. The number of halogens is 1. The molecular weight excluding hydrogens is 390 g/mol. The monoisotopic (exact) mass is 413 g/mol. The third kappa shape index (κ3) is 4.44. The van der Waals surface area contributed by atoms with Crippen molar-refractivity contribution in [2.24, 2.45) is 0 Å². The number of H-pyrrole nitrogens is 1. The number of amides is 1. The van der Waals surface area contributed by atoms with E-state index in [1.54, 1.807) is 13.0 Å². The van der Waals surface area contributed by atoms with Crippen LogP contribution in [0.5, 0.6) is 0 Å². The number of hydrogen-bond donors (Lipinski definition) is 3. The molecule has 3 N–H and O–H groups in total. The summed E-state index contributed by atoms with van der Waals surface area (Å²) >= 11 is 0. The van der Waals surface area contributed by atoms with Gasteiger partial charge in [0.1, 0.15) is 5.69 Å². The minimum absolute atomic E-state index is 0. The number of carbonyl (C=O) groups is 2. The van der Waals surface area contributed by atoms with Crippen LogP contribution >= 0.6 is 12.4 Å². The van der Waals surface area contributed by atoms with Crippen molar-refractivity contribution in [1.29, 1.82) is 0 Å². The predicted molar refractivity (Wildman–Crippen MR) is 116 cm³/mol. The molecule has 0 unspecified atom stereocenters. The molecule has 2 heterocycles. The summed E-state index contributed by atoms with van der Waals surface area (Å²) in [6.07, 6.45) is 0.932. The van der Waals surface area contributed by atoms with Crippen molar-refractivity contribution in [1.82, 2.24) is 10.3 Å². The maximum absolute atomic E-state index is 12.9. The molecule has 2 aromatic carbocycles. The molecule has 1 aliphatic heterocycles. The van der Waals surface area contributed by atoms with Crippen molar-refractivity contribution >= 4 is 40.9 Å². The van der Waals surface area contributed by atoms with Gasteiger partial charge in [-0.05, 0) is 49.7 Å². The summed E-state index contributed by atoms with van der Waals surface area (Å²) in [5.74, 6) is -0.274. The second kappa shape index (κ2) is 9.11. The standard InChI is InChI=1S/C22H23N3O3.ClH/c1-2-28-22(27)19-13-15-12-16(8-9-18(15)25-19)24-21(26)20-17(10-11-23-20)14-6-4-3-5-7-14;/h3-9,12-13,17,20,23,25H,2,10-11H2,1H3,(H,24,26);1H/t17-,20-;/m0./s1. The summed E-state index contributed by atoms with van der Waals surface area (Å²) in [4.78, 5) is 27.8. The van der Waals surface area contributed by atoms with Crippen LogP contribution in [0.25, 0.3) is 10.9 Å². The van der Waals surface area contributed by atoms with Gasteiger partial charge < -0.3 is 20.4 Å². The van der Waals surface area contributed by atoms with E-state index in [0.717, 1.165) is 23.9 Å². The molecule has 0 spiro atoms. The first kappa shape index (κ1) is 20.9. The van der Waals surface area contributed by atoms with E-state index in [1.807, 2.05) is 36.4 Å². The Hall–Kier alpha value is -2.83. The van der Waals surface area contributed by atoms with Crippen molar-refractivity contribution in [3.8, 4) is 0 Å². The number of aromatic amines is 1. The lowest BCUT2D eigenvalue weighted by Crippen LogP contribution is -2.39. The van der Waals surface area contributed by atoms with Gasteiger partial charge in [0, 0.05) is 22.5 Å². The van der Waals surface area contributed by atoms with E-state index in [0.29, 0.717) is 18.0 Å². The first-order valence-corrected chi connectivity index (χ1v) is 9.55. The van der Waals surface area contributed by atoms with Crippen molar-refractivity contribution < 1.29 is 14.3 Å². The van der Waals surface area contributed by atoms with Crippen molar-refractivity contribution in [3.63, 3.8) is 0 Å². The molecule has 1 fully saturated rings. The lowest BCUT2D eigenvalue weighted by Gasteiger charge is -2.19. The van der Waals surface area contributed by atoms with E-state index in [4.69, 9.17) is 4.74 Å². The molecule has 6 nitrogen and oxygen atoms in total. The third-order valence-electron chi connectivity index (χ3n) is 5.12. The number of hydrogen-bond acceptors (Lipinski definition) is 4. The minimum atomic E-state index is -0.384. The molecule has 7 heteroatoms. The second-order valence-electron chi connectivity index (χ2n) is 6.93. The van der Waals surface area contributed by atoms with Gasteiger partial charge in [-0.25, -0.2) is 4.79 Å². The van der Waals surface area contributed by atoms with E-state index in [2.05, 4.69) is 27.8 Å². The average Bonchev–Trinajstić information content (AvgIpc) is 3.36. The Morgan fingerprint density at radius 2 is 1.93 bits per heavy atom. The third-order valence-corrected chi connectivity index (χ3v) is 5.12. The summed E-state index contributed by atoms with van der Waals surface area (Å²) in [6.45, 7) is 2.91. The van der Waals surface area contributed by atoms with Crippen LogP contribution in [-0.4, -0.2) is 36.1 Å². The second-order valence-corrected chi connectivity index (χ2v) is 6.93. The first-order chi connectivity index (χ1) is 13.7. The molecule has 0 bridgehead atoms. The number of ether oxygens (including phenoxy) is 1. The van der Waals surface area contributed by atoms with Crippen molar-refractivity contribution in [2.45, 2.75) is 25.3 Å². The lowest BCUT2D eigenvalue weighted by molar-refractivity contribution is -0.118. The summed E-state index contributed by atoms with van der Waals surface area (Å²) in [7, 11) is 0. The fourth-order valence-electron chi connectivity index (χ4n) is 3.79. The molecule has 0 saturated carbocycles. The van der Waals surface area contributed by atoms with E-state index in [1.165, 1.54) is 5.56 Å². The van der Waals surface area contributed by atoms with Crippen LogP contribution in [0.3, 0.4) is 0 Å². The first-order valence-electron chi connectivity index (χ1n) is 9.55. The van der Waals surface area contributed by atoms with Gasteiger partial charge in [0.2, 0.25) is 5.91 Å². The van der Waals surface area contributed by atoms with Crippen molar-refractivity contribution in [3.05, 3.63) is 65.9 Å². The minimum Gasteiger partial charge on any atom is -0.461 e. The average molecular weight is 414 g/mol. The molecule has 2 atom stereocenters. The molecule has 1 amide bonds. The highest BCUT2D eigenvalue weighted by Crippen LogP contribution is 2.29. The van der Waals surface area contributed by atoms with E-state index in [9.17, 15) is 9.59 Å². The maximum Gasteiger partial charge on any atom is 0.354 e. The van der Waals surface area contributed by atoms with Gasteiger partial charge >= 0.3 is 5.97 Å². The number of rotatable bonds is 5. The Morgan fingerprint density at radius 1 is 1.14 bits per heavy atom. The van der Waals surface area contributed by atoms with Gasteiger partial charge in [-0.15, -0.1) is 12.4 Å². The number of benzene rings is 2. The highest BCUT2D eigenvalue weighted by Gasteiger charge is 2.33. The van der Waals surface area contributed by atoms with Crippen molar-refractivity contribution in [2.75, 3.05) is 18.5 Å². The molecule has 1 aromatic heterocycles. The topological polar surface area (TPSA) is 83.2 Å². The zero-order valence-electron chi connectivity index (χ0n) is 16.1. The number of carbonyl (C=O) groups excluding carboxylic acids is 2. The van der Waals surface area contributed by atoms with Crippen LogP contribution in [-0.2, 0) is 9.53 Å². The van der Waals surface area contributed by atoms with E-state index in [-0.39, 0.29) is 36.2 Å². The molecule has 0 aliphatic carbocycles. The molecule has 0 radical (unpaired) electrons. The van der Waals surface area contributed by atoms with Crippen LogP contribution in [0, 0.1) is 0 Å². The number of anilines is 1. The smallest absolute Gasteiger partial charge is 0.354 e. The van der Waals surface area contributed by atoms with E-state index < -0.39 is 0 Å². The van der Waals surface area contributed by atoms with Gasteiger partial charge in [-0.2, -0.15) is 0 Å². The highest BCUT2D eigenvalue weighted by molar-refractivity contribution is 5.99. The van der Waals surface area contributed by atoms with Gasteiger partial charge in [-0.1, -0.05) is 30.3 Å². The summed E-state index contributed by atoms with van der Waals surface area (Å²) in [5.41, 5.74) is 3.10. The Kier molecular flexibility index (Phi) is 6.56. The van der Waals surface area contributed by atoms with E-state index >= 15 is 0 Å². The highest BCUT2D eigenvalue weighted by atomic mass is 35.5. The predicted octanol–water partition coefficient (Wildman–Crippen LogP) is 3.85. The largest absolute Gasteiger partial charge is 0.461 e. The quantitative estimate of drug-likeness (QED) is 0.555. The Balaban J connectivity index is 0.00000240. The summed E-state index contributed by atoms with van der Waals surface area (Å²) < 4.78 is 5.03. The van der Waals surface area contributed by atoms with Crippen LogP contribution in [0.4, 0.5) is 5.69 Å². The van der Waals surface area contributed by atoms with Gasteiger partial charge in [0.05, 0.1) is 12.6 Å². The zero-order chi connectivity index (χ0) is 19.5. The van der Waals surface area contributed by atoms with Crippen LogP contribution in [0.1, 0.15) is 35.3 Å². The summed E-state index contributed by atoms with van der Waals surface area (Å²) in [5, 5.41) is 7.17. The SMILES string of the molecule is CCOC(=O)c1cc2cc(NC(=O)[C@H]3NCC[C@H]3c3ccccc3)ccc2[nH]1.Cl. The van der Waals surface area contributed by atoms with Crippen LogP contribution in [0.2, 0.25) is 0 Å². The van der Waals surface area contributed by atoms with Crippen LogP contribution < -0.4 is 10.6 Å². The van der Waals surface area contributed by atoms with Crippen LogP contribution in [0.15, 0.2) is 54.6 Å². The molecule has 4 rings (SSSR count). The fourth-order valence-corrected chi connectivity index (χ4v) is 3.79. The molecule has 29 heavy (non-hydrogen) atoms. The fraction of sp³-hybridized carbons (Fsp3) is 0.273.